The van der Waals surface area contributed by atoms with Crippen LogP contribution in [0.1, 0.15) is 12.2 Å². The van der Waals surface area contributed by atoms with Crippen LogP contribution in [0, 0.1) is 5.82 Å². The first-order valence-corrected chi connectivity index (χ1v) is 5.56. The minimum atomic E-state index is -0.856. The number of aromatic nitrogens is 2. The smallest absolute Gasteiger partial charge is 0.303 e. The Balaban J connectivity index is 2.25. The number of aliphatic carboxylic acids is 1. The lowest BCUT2D eigenvalue weighted by Crippen LogP contribution is -2.02. The molecule has 0 fully saturated rings. The average Bonchev–Trinajstić information content (AvgIpc) is 2.68. The predicted octanol–water partition coefficient (Wildman–Crippen LogP) is 2.24. The lowest BCUT2D eigenvalue weighted by molar-refractivity contribution is -0.137. The lowest BCUT2D eigenvalue weighted by Gasteiger charge is -1.97. The molecule has 18 heavy (non-hydrogen) atoms. The first-order valence-electron chi connectivity index (χ1n) is 5.56. The number of imidazole rings is 1. The summed E-state index contributed by atoms with van der Waals surface area (Å²) >= 11 is 0. The zero-order valence-corrected chi connectivity index (χ0v) is 9.93. The highest BCUT2D eigenvalue weighted by Gasteiger charge is 2.09. The normalized spacial score (nSPS) is 10.6. The second kappa shape index (κ2) is 5.00. The molecule has 5 heteroatoms. The van der Waals surface area contributed by atoms with Gasteiger partial charge in [-0.05, 0) is 12.1 Å². The third-order valence-electron chi connectivity index (χ3n) is 2.66. The monoisotopic (exact) mass is 248 g/mol. The van der Waals surface area contributed by atoms with Gasteiger partial charge in [0.15, 0.2) is 0 Å². The summed E-state index contributed by atoms with van der Waals surface area (Å²) in [6, 6.07) is 6.17. The molecule has 0 saturated heterocycles. The highest BCUT2D eigenvalue weighted by molar-refractivity contribution is 5.67. The lowest BCUT2D eigenvalue weighted by atomic mass is 10.2. The van der Waals surface area contributed by atoms with Crippen molar-refractivity contribution in [2.45, 2.75) is 12.8 Å². The van der Waals surface area contributed by atoms with E-state index in [1.165, 1.54) is 12.1 Å². The van der Waals surface area contributed by atoms with E-state index in [-0.39, 0.29) is 12.2 Å². The number of nitrogens with zero attached hydrogens (tertiary/aromatic N) is 2. The molecule has 94 valence electrons. The van der Waals surface area contributed by atoms with Gasteiger partial charge in [0.25, 0.3) is 0 Å². The second-order valence-electron chi connectivity index (χ2n) is 4.06. The number of hydrogen-bond donors (Lipinski definition) is 1. The summed E-state index contributed by atoms with van der Waals surface area (Å²) in [7, 11) is 1.80. The van der Waals surface area contributed by atoms with Crippen molar-refractivity contribution in [1.82, 2.24) is 9.55 Å². The molecule has 0 amide bonds. The van der Waals surface area contributed by atoms with Crippen LogP contribution < -0.4 is 0 Å². The maximum Gasteiger partial charge on any atom is 0.303 e. The molecule has 0 atom stereocenters. The first-order chi connectivity index (χ1) is 8.56. The Hall–Kier alpha value is -2.17. The van der Waals surface area contributed by atoms with Gasteiger partial charge in [0.1, 0.15) is 11.6 Å². The van der Waals surface area contributed by atoms with Crippen molar-refractivity contribution in [3.63, 3.8) is 0 Å². The minimum absolute atomic E-state index is 0.0352. The predicted molar refractivity (Wildman–Crippen MR) is 64.6 cm³/mol. The molecule has 2 rings (SSSR count). The number of rotatable bonds is 4. The number of aryl methyl sites for hydroxylation is 2. The summed E-state index contributed by atoms with van der Waals surface area (Å²) in [6.45, 7) is 0. The number of carboxylic acids is 1. The highest BCUT2D eigenvalue weighted by Crippen LogP contribution is 2.19. The summed E-state index contributed by atoms with van der Waals surface area (Å²) < 4.78 is 14.9. The number of benzene rings is 1. The topological polar surface area (TPSA) is 55.1 Å². The van der Waals surface area contributed by atoms with Crippen LogP contribution in [0.2, 0.25) is 0 Å². The summed E-state index contributed by atoms with van der Waals surface area (Å²) in [5, 5.41) is 8.64. The van der Waals surface area contributed by atoms with Crippen LogP contribution >= 0.6 is 0 Å². The molecule has 0 saturated carbocycles. The molecule has 1 heterocycles. The van der Waals surface area contributed by atoms with Gasteiger partial charge in [0, 0.05) is 25.2 Å². The molecule has 1 N–H and O–H groups in total. The summed E-state index contributed by atoms with van der Waals surface area (Å²) in [5.41, 5.74) is 1.34. The number of carbonyl (C=O) groups is 1. The molecule has 4 nitrogen and oxygen atoms in total. The maximum absolute atomic E-state index is 13.1. The van der Waals surface area contributed by atoms with Gasteiger partial charge in [-0.15, -0.1) is 0 Å². The van der Waals surface area contributed by atoms with E-state index in [9.17, 15) is 9.18 Å². The Morgan fingerprint density at radius 1 is 1.50 bits per heavy atom. The van der Waals surface area contributed by atoms with Crippen LogP contribution in [-0.2, 0) is 18.3 Å². The van der Waals surface area contributed by atoms with Crippen LogP contribution in [0.3, 0.4) is 0 Å². The zero-order chi connectivity index (χ0) is 13.1. The van der Waals surface area contributed by atoms with E-state index in [2.05, 4.69) is 4.98 Å². The highest BCUT2D eigenvalue weighted by atomic mass is 19.1. The fourth-order valence-corrected chi connectivity index (χ4v) is 1.74. The average molecular weight is 248 g/mol. The Morgan fingerprint density at radius 2 is 2.28 bits per heavy atom. The molecule has 0 aliphatic carbocycles. The van der Waals surface area contributed by atoms with Crippen molar-refractivity contribution in [2.75, 3.05) is 0 Å². The molecular formula is C13H13FN2O2. The Bertz CT molecular complexity index is 578. The van der Waals surface area contributed by atoms with Gasteiger partial charge >= 0.3 is 5.97 Å². The SMILES string of the molecule is Cn1cc(-c2cccc(F)c2)nc1CCC(=O)O. The fourth-order valence-electron chi connectivity index (χ4n) is 1.74. The van der Waals surface area contributed by atoms with Crippen molar-refractivity contribution >= 4 is 5.97 Å². The maximum atomic E-state index is 13.1. The summed E-state index contributed by atoms with van der Waals surface area (Å²) in [5.74, 6) is -0.493. The quantitative estimate of drug-likeness (QED) is 0.902. The zero-order valence-electron chi connectivity index (χ0n) is 9.93. The Morgan fingerprint density at radius 3 is 2.94 bits per heavy atom. The third-order valence-corrected chi connectivity index (χ3v) is 2.66. The second-order valence-corrected chi connectivity index (χ2v) is 4.06. The largest absolute Gasteiger partial charge is 0.481 e. The van der Waals surface area contributed by atoms with Crippen molar-refractivity contribution < 1.29 is 14.3 Å². The van der Waals surface area contributed by atoms with Gasteiger partial charge < -0.3 is 9.67 Å². The van der Waals surface area contributed by atoms with Crippen molar-refractivity contribution in [1.29, 1.82) is 0 Å². The van der Waals surface area contributed by atoms with Gasteiger partial charge in [-0.1, -0.05) is 12.1 Å². The van der Waals surface area contributed by atoms with Gasteiger partial charge in [-0.3, -0.25) is 4.79 Å². The number of carboxylic acid groups (broad SMARTS) is 1. The van der Waals surface area contributed by atoms with E-state index in [0.717, 1.165) is 0 Å². The van der Waals surface area contributed by atoms with E-state index < -0.39 is 5.97 Å². The van der Waals surface area contributed by atoms with E-state index in [4.69, 9.17) is 5.11 Å². The van der Waals surface area contributed by atoms with Crippen LogP contribution in [0.15, 0.2) is 30.5 Å². The van der Waals surface area contributed by atoms with Gasteiger partial charge in [-0.25, -0.2) is 9.37 Å². The Labute approximate surface area is 104 Å². The Kier molecular flexibility index (Phi) is 3.41. The molecule has 2 aromatic rings. The van der Waals surface area contributed by atoms with Gasteiger partial charge in [-0.2, -0.15) is 0 Å². The summed E-state index contributed by atoms with van der Waals surface area (Å²) in [4.78, 5) is 14.8. The molecular weight excluding hydrogens is 235 g/mol. The summed E-state index contributed by atoms with van der Waals surface area (Å²) in [6.07, 6.45) is 2.17. The van der Waals surface area contributed by atoms with Crippen LogP contribution in [-0.4, -0.2) is 20.6 Å². The molecule has 0 aliphatic rings. The van der Waals surface area contributed by atoms with Crippen molar-refractivity contribution in [2.24, 2.45) is 7.05 Å². The number of halogens is 1. The molecule has 1 aromatic heterocycles. The van der Waals surface area contributed by atoms with Crippen LogP contribution in [0.4, 0.5) is 4.39 Å². The third kappa shape index (κ3) is 2.74. The first kappa shape index (κ1) is 12.3. The fraction of sp³-hybridized carbons (Fsp3) is 0.231. The molecule has 1 aromatic carbocycles. The van der Waals surface area contributed by atoms with Gasteiger partial charge in [0.05, 0.1) is 12.1 Å². The van der Waals surface area contributed by atoms with Crippen molar-refractivity contribution in [3.05, 3.63) is 42.1 Å². The molecule has 0 aliphatic heterocycles. The minimum Gasteiger partial charge on any atom is -0.481 e. The van der Waals surface area contributed by atoms with Gasteiger partial charge in [0.2, 0.25) is 0 Å². The molecule has 0 unspecified atom stereocenters. The van der Waals surface area contributed by atoms with E-state index >= 15 is 0 Å². The van der Waals surface area contributed by atoms with E-state index in [1.807, 2.05) is 0 Å². The van der Waals surface area contributed by atoms with E-state index in [0.29, 0.717) is 23.5 Å². The van der Waals surface area contributed by atoms with E-state index in [1.54, 1.807) is 29.9 Å². The molecule has 0 spiro atoms. The van der Waals surface area contributed by atoms with Crippen LogP contribution in [0.5, 0.6) is 0 Å². The molecule has 0 bridgehead atoms. The standard InChI is InChI=1S/C13H13FN2O2/c1-16-8-11(9-3-2-4-10(14)7-9)15-12(16)5-6-13(17)18/h2-4,7-8H,5-6H2,1H3,(H,17,18). The number of hydrogen-bond acceptors (Lipinski definition) is 2. The van der Waals surface area contributed by atoms with Crippen molar-refractivity contribution in [3.8, 4) is 11.3 Å². The van der Waals surface area contributed by atoms with Crippen LogP contribution in [0.25, 0.3) is 11.3 Å². The molecule has 0 radical (unpaired) electrons.